The summed E-state index contributed by atoms with van der Waals surface area (Å²) in [4.78, 5) is 25.9. The van der Waals surface area contributed by atoms with E-state index < -0.39 is 0 Å². The van der Waals surface area contributed by atoms with E-state index in [1.807, 2.05) is 30.3 Å². The van der Waals surface area contributed by atoms with Gasteiger partial charge in [-0.05, 0) is 55.4 Å². The lowest BCUT2D eigenvalue weighted by atomic mass is 9.58. The van der Waals surface area contributed by atoms with Gasteiger partial charge in [-0.15, -0.1) is 0 Å². The van der Waals surface area contributed by atoms with Gasteiger partial charge in [0.2, 0.25) is 0 Å². The number of benzene rings is 1. The quantitative estimate of drug-likeness (QED) is 0.332. The standard InChI is InChI=1S/C26H38O4/c1-19(2)10-6-3-4-9-17-29-25(27)23-21-13-15-22(16-14-21)24(23)26(28)30-18-20-11-7-5-8-12-20/h5,7-8,11-12,19,21-24H,3-4,6,9-10,13-18H2,1-2H3. The van der Waals surface area contributed by atoms with Gasteiger partial charge in [0, 0.05) is 0 Å². The van der Waals surface area contributed by atoms with Gasteiger partial charge in [-0.1, -0.05) is 69.9 Å². The molecule has 0 aliphatic heterocycles. The Morgan fingerprint density at radius 3 is 2.00 bits per heavy atom. The third kappa shape index (κ3) is 6.33. The summed E-state index contributed by atoms with van der Waals surface area (Å²) in [5.41, 5.74) is 0.975. The molecule has 0 N–H and O–H groups in total. The molecule has 4 heteroatoms. The number of carbonyl (C=O) groups excluding carboxylic acids is 2. The van der Waals surface area contributed by atoms with E-state index in [1.165, 1.54) is 19.3 Å². The molecule has 4 rings (SSSR count). The molecule has 1 aromatic rings. The Morgan fingerprint density at radius 1 is 0.833 bits per heavy atom. The fourth-order valence-electron chi connectivity index (χ4n) is 5.23. The first-order valence-corrected chi connectivity index (χ1v) is 11.9. The Hall–Kier alpha value is -1.84. The highest BCUT2D eigenvalue weighted by Crippen LogP contribution is 2.49. The van der Waals surface area contributed by atoms with Gasteiger partial charge >= 0.3 is 11.9 Å². The molecule has 3 aliphatic carbocycles. The lowest BCUT2D eigenvalue weighted by Gasteiger charge is -2.45. The second kappa shape index (κ2) is 11.5. The number of unbranched alkanes of at least 4 members (excludes halogenated alkanes) is 3. The first-order valence-electron chi connectivity index (χ1n) is 11.9. The van der Waals surface area contributed by atoms with Crippen molar-refractivity contribution in [2.45, 2.75) is 78.2 Å². The topological polar surface area (TPSA) is 52.6 Å². The van der Waals surface area contributed by atoms with E-state index in [1.54, 1.807) is 0 Å². The molecule has 2 bridgehead atoms. The van der Waals surface area contributed by atoms with Crippen molar-refractivity contribution in [1.82, 2.24) is 0 Å². The third-order valence-corrected chi connectivity index (χ3v) is 6.91. The molecule has 0 spiro atoms. The molecule has 3 fully saturated rings. The molecule has 0 amide bonds. The van der Waals surface area contributed by atoms with Crippen LogP contribution in [0.25, 0.3) is 0 Å². The van der Waals surface area contributed by atoms with Gasteiger partial charge in [0.15, 0.2) is 0 Å². The van der Waals surface area contributed by atoms with E-state index in [0.717, 1.165) is 50.0 Å². The molecular formula is C26H38O4. The normalized spacial score (nSPS) is 25.3. The summed E-state index contributed by atoms with van der Waals surface area (Å²) in [7, 11) is 0. The van der Waals surface area contributed by atoms with Crippen molar-refractivity contribution in [2.24, 2.45) is 29.6 Å². The molecule has 0 saturated heterocycles. The minimum atomic E-state index is -0.334. The van der Waals surface area contributed by atoms with Crippen LogP contribution in [0.2, 0.25) is 0 Å². The van der Waals surface area contributed by atoms with Crippen molar-refractivity contribution >= 4 is 11.9 Å². The minimum Gasteiger partial charge on any atom is -0.465 e. The first kappa shape index (κ1) is 22.8. The predicted octanol–water partition coefficient (Wildman–Crippen LogP) is 5.93. The molecule has 4 nitrogen and oxygen atoms in total. The first-order chi connectivity index (χ1) is 14.6. The van der Waals surface area contributed by atoms with Crippen molar-refractivity contribution in [3.63, 3.8) is 0 Å². The van der Waals surface area contributed by atoms with Gasteiger partial charge in [-0.25, -0.2) is 0 Å². The zero-order chi connectivity index (χ0) is 21.3. The zero-order valence-corrected chi connectivity index (χ0v) is 18.7. The smallest absolute Gasteiger partial charge is 0.310 e. The van der Waals surface area contributed by atoms with Crippen LogP contribution in [0, 0.1) is 29.6 Å². The van der Waals surface area contributed by atoms with E-state index in [4.69, 9.17) is 9.47 Å². The second-order valence-electron chi connectivity index (χ2n) is 9.58. The van der Waals surface area contributed by atoms with Crippen molar-refractivity contribution in [3.05, 3.63) is 35.9 Å². The average molecular weight is 415 g/mol. The summed E-state index contributed by atoms with van der Waals surface area (Å²) < 4.78 is 11.3. The van der Waals surface area contributed by atoms with E-state index >= 15 is 0 Å². The molecule has 30 heavy (non-hydrogen) atoms. The monoisotopic (exact) mass is 414 g/mol. The largest absolute Gasteiger partial charge is 0.465 e. The van der Waals surface area contributed by atoms with Gasteiger partial charge < -0.3 is 9.47 Å². The zero-order valence-electron chi connectivity index (χ0n) is 18.7. The molecule has 1 aromatic carbocycles. The van der Waals surface area contributed by atoms with Crippen LogP contribution in [0.15, 0.2) is 30.3 Å². The van der Waals surface area contributed by atoms with Crippen LogP contribution in [-0.4, -0.2) is 18.5 Å². The van der Waals surface area contributed by atoms with Crippen LogP contribution in [0.4, 0.5) is 0 Å². The molecular weight excluding hydrogens is 376 g/mol. The Kier molecular flexibility index (Phi) is 8.77. The van der Waals surface area contributed by atoms with Gasteiger partial charge in [0.1, 0.15) is 6.61 Å². The maximum absolute atomic E-state index is 12.9. The van der Waals surface area contributed by atoms with Gasteiger partial charge in [0.05, 0.1) is 18.4 Å². The Bertz CT molecular complexity index is 661. The summed E-state index contributed by atoms with van der Waals surface area (Å²) in [6.45, 7) is 5.24. The molecule has 166 valence electrons. The van der Waals surface area contributed by atoms with E-state index in [-0.39, 0.29) is 42.2 Å². The maximum atomic E-state index is 12.9. The summed E-state index contributed by atoms with van der Waals surface area (Å²) >= 11 is 0. The summed E-state index contributed by atoms with van der Waals surface area (Å²) in [6.07, 6.45) is 9.81. The van der Waals surface area contributed by atoms with Crippen LogP contribution in [0.1, 0.15) is 77.2 Å². The number of hydrogen-bond donors (Lipinski definition) is 0. The average Bonchev–Trinajstić information content (AvgIpc) is 2.77. The van der Waals surface area contributed by atoms with Crippen molar-refractivity contribution in [3.8, 4) is 0 Å². The fraction of sp³-hybridized carbons (Fsp3) is 0.692. The lowest BCUT2D eigenvalue weighted by molar-refractivity contribution is -0.174. The maximum Gasteiger partial charge on any atom is 0.310 e. The summed E-state index contributed by atoms with van der Waals surface area (Å²) in [6, 6.07) is 9.73. The molecule has 3 aliphatic rings. The third-order valence-electron chi connectivity index (χ3n) is 6.91. The molecule has 2 unspecified atom stereocenters. The fourth-order valence-corrected chi connectivity index (χ4v) is 5.23. The molecule has 0 aromatic heterocycles. The number of esters is 2. The highest BCUT2D eigenvalue weighted by atomic mass is 16.5. The van der Waals surface area contributed by atoms with Gasteiger partial charge in [0.25, 0.3) is 0 Å². The van der Waals surface area contributed by atoms with Crippen LogP contribution >= 0.6 is 0 Å². The van der Waals surface area contributed by atoms with Crippen LogP contribution in [-0.2, 0) is 25.7 Å². The molecule has 3 saturated carbocycles. The highest BCUT2D eigenvalue weighted by molar-refractivity contribution is 5.83. The number of rotatable bonds is 11. The van der Waals surface area contributed by atoms with Crippen LogP contribution in [0.3, 0.4) is 0 Å². The Labute approximate surface area is 181 Å². The lowest BCUT2D eigenvalue weighted by Crippen LogP contribution is -2.48. The van der Waals surface area contributed by atoms with E-state index in [9.17, 15) is 9.59 Å². The van der Waals surface area contributed by atoms with Gasteiger partial charge in [-0.2, -0.15) is 0 Å². The molecule has 2 atom stereocenters. The SMILES string of the molecule is CC(C)CCCCCCOC(=O)C1C2CCC(CC2)C1C(=O)OCc1ccccc1. The highest BCUT2D eigenvalue weighted by Gasteiger charge is 2.51. The number of ether oxygens (including phenoxy) is 2. The van der Waals surface area contributed by atoms with Crippen molar-refractivity contribution in [2.75, 3.05) is 6.61 Å². The summed E-state index contributed by atoms with van der Waals surface area (Å²) in [5, 5.41) is 0. The predicted molar refractivity (Wildman–Crippen MR) is 118 cm³/mol. The van der Waals surface area contributed by atoms with Crippen molar-refractivity contribution < 1.29 is 19.1 Å². The number of fused-ring (bicyclic) bond motifs is 3. The van der Waals surface area contributed by atoms with Gasteiger partial charge in [-0.3, -0.25) is 9.59 Å². The van der Waals surface area contributed by atoms with Crippen LogP contribution < -0.4 is 0 Å². The van der Waals surface area contributed by atoms with Crippen molar-refractivity contribution in [1.29, 1.82) is 0 Å². The second-order valence-corrected chi connectivity index (χ2v) is 9.58. The summed E-state index contributed by atoms with van der Waals surface area (Å²) in [5.74, 6) is 0.233. The molecule has 0 radical (unpaired) electrons. The van der Waals surface area contributed by atoms with Crippen LogP contribution in [0.5, 0.6) is 0 Å². The van der Waals surface area contributed by atoms with E-state index in [0.29, 0.717) is 6.61 Å². The number of hydrogen-bond acceptors (Lipinski definition) is 4. The van der Waals surface area contributed by atoms with E-state index in [2.05, 4.69) is 13.8 Å². The Balaban J connectivity index is 1.48. The minimum absolute atomic E-state index is 0.173. The number of carbonyl (C=O) groups is 2. The molecule has 0 heterocycles. The Morgan fingerprint density at radius 2 is 1.40 bits per heavy atom.